The van der Waals surface area contributed by atoms with Crippen LogP contribution < -0.4 is 5.73 Å². The van der Waals surface area contributed by atoms with Crippen molar-refractivity contribution in [2.75, 3.05) is 19.6 Å². The zero-order valence-corrected chi connectivity index (χ0v) is 11.6. The zero-order chi connectivity index (χ0) is 12.8. The minimum atomic E-state index is 0.0891. The standard InChI is InChI=1S/C15H28N2O/c16-12-14(11-13-7-3-4-8-13)15(18)17-9-5-1-2-6-10-17/h13-14H,1-12,16H2. The number of amides is 1. The van der Waals surface area contributed by atoms with E-state index in [0.717, 1.165) is 25.4 Å². The molecule has 0 aromatic carbocycles. The summed E-state index contributed by atoms with van der Waals surface area (Å²) in [7, 11) is 0. The average molecular weight is 252 g/mol. The van der Waals surface area contributed by atoms with Crippen LogP contribution in [-0.4, -0.2) is 30.4 Å². The molecule has 0 aromatic heterocycles. The van der Waals surface area contributed by atoms with Crippen LogP contribution >= 0.6 is 0 Å². The molecule has 1 unspecified atom stereocenters. The quantitative estimate of drug-likeness (QED) is 0.836. The summed E-state index contributed by atoms with van der Waals surface area (Å²) in [5.74, 6) is 1.19. The van der Waals surface area contributed by atoms with Crippen LogP contribution in [0.15, 0.2) is 0 Å². The summed E-state index contributed by atoms with van der Waals surface area (Å²) in [6, 6.07) is 0. The molecule has 1 saturated carbocycles. The molecule has 1 amide bonds. The number of rotatable bonds is 4. The topological polar surface area (TPSA) is 46.3 Å². The molecule has 1 atom stereocenters. The third-order valence-electron chi connectivity index (χ3n) is 4.64. The third-order valence-corrected chi connectivity index (χ3v) is 4.64. The number of likely N-dealkylation sites (tertiary alicyclic amines) is 1. The lowest BCUT2D eigenvalue weighted by Crippen LogP contribution is -2.40. The first-order valence-electron chi connectivity index (χ1n) is 7.80. The molecule has 0 spiro atoms. The lowest BCUT2D eigenvalue weighted by atomic mass is 9.92. The van der Waals surface area contributed by atoms with Crippen LogP contribution in [-0.2, 0) is 4.79 Å². The molecule has 1 aliphatic carbocycles. The van der Waals surface area contributed by atoms with Gasteiger partial charge in [-0.15, -0.1) is 0 Å². The molecule has 3 heteroatoms. The van der Waals surface area contributed by atoms with Gasteiger partial charge < -0.3 is 10.6 Å². The Morgan fingerprint density at radius 1 is 1.06 bits per heavy atom. The van der Waals surface area contributed by atoms with Gasteiger partial charge in [0.15, 0.2) is 0 Å². The second kappa shape index (κ2) is 7.13. The van der Waals surface area contributed by atoms with Gasteiger partial charge in [0.25, 0.3) is 0 Å². The van der Waals surface area contributed by atoms with E-state index in [2.05, 4.69) is 4.90 Å². The highest BCUT2D eigenvalue weighted by Crippen LogP contribution is 2.30. The van der Waals surface area contributed by atoms with Crippen molar-refractivity contribution in [3.63, 3.8) is 0 Å². The predicted molar refractivity (Wildman–Crippen MR) is 74.2 cm³/mol. The maximum atomic E-state index is 12.5. The number of hydrogen-bond donors (Lipinski definition) is 1. The van der Waals surface area contributed by atoms with E-state index in [1.165, 1.54) is 51.4 Å². The van der Waals surface area contributed by atoms with Crippen molar-refractivity contribution < 1.29 is 4.79 Å². The van der Waals surface area contributed by atoms with E-state index >= 15 is 0 Å². The Balaban J connectivity index is 1.86. The van der Waals surface area contributed by atoms with Crippen LogP contribution in [0.25, 0.3) is 0 Å². The van der Waals surface area contributed by atoms with E-state index in [-0.39, 0.29) is 5.92 Å². The lowest BCUT2D eigenvalue weighted by Gasteiger charge is -2.27. The van der Waals surface area contributed by atoms with E-state index in [1.807, 2.05) is 0 Å². The Morgan fingerprint density at radius 2 is 1.67 bits per heavy atom. The summed E-state index contributed by atoms with van der Waals surface area (Å²) in [5, 5.41) is 0. The highest BCUT2D eigenvalue weighted by molar-refractivity contribution is 5.79. The number of carbonyl (C=O) groups is 1. The van der Waals surface area contributed by atoms with Crippen molar-refractivity contribution in [2.45, 2.75) is 57.8 Å². The van der Waals surface area contributed by atoms with Crippen molar-refractivity contribution in [3.05, 3.63) is 0 Å². The molecule has 2 rings (SSSR count). The fraction of sp³-hybridized carbons (Fsp3) is 0.933. The van der Waals surface area contributed by atoms with Gasteiger partial charge in [-0.05, 0) is 25.2 Å². The van der Waals surface area contributed by atoms with Gasteiger partial charge >= 0.3 is 0 Å². The molecule has 1 saturated heterocycles. The van der Waals surface area contributed by atoms with Crippen LogP contribution in [0.3, 0.4) is 0 Å². The van der Waals surface area contributed by atoms with E-state index in [1.54, 1.807) is 0 Å². The minimum Gasteiger partial charge on any atom is -0.342 e. The van der Waals surface area contributed by atoms with E-state index in [0.29, 0.717) is 12.5 Å². The van der Waals surface area contributed by atoms with E-state index in [4.69, 9.17) is 5.73 Å². The summed E-state index contributed by atoms with van der Waals surface area (Å²) >= 11 is 0. The SMILES string of the molecule is NCC(CC1CCCC1)C(=O)N1CCCCCC1. The maximum absolute atomic E-state index is 12.5. The van der Waals surface area contributed by atoms with Crippen LogP contribution in [0.5, 0.6) is 0 Å². The first-order valence-corrected chi connectivity index (χ1v) is 7.80. The van der Waals surface area contributed by atoms with E-state index in [9.17, 15) is 4.79 Å². The van der Waals surface area contributed by atoms with Crippen LogP contribution in [0.2, 0.25) is 0 Å². The molecule has 2 N–H and O–H groups in total. The first kappa shape index (κ1) is 13.9. The molecule has 3 nitrogen and oxygen atoms in total. The van der Waals surface area contributed by atoms with Gasteiger partial charge in [0.2, 0.25) is 5.91 Å². The molecule has 0 aromatic rings. The Bertz CT molecular complexity index is 253. The van der Waals surface area contributed by atoms with Crippen molar-refractivity contribution in [3.8, 4) is 0 Å². The highest BCUT2D eigenvalue weighted by Gasteiger charge is 2.27. The summed E-state index contributed by atoms with van der Waals surface area (Å²) in [6.45, 7) is 2.45. The monoisotopic (exact) mass is 252 g/mol. The number of hydrogen-bond acceptors (Lipinski definition) is 2. The Labute approximate surface area is 111 Å². The van der Waals surface area contributed by atoms with E-state index < -0.39 is 0 Å². The van der Waals surface area contributed by atoms with Gasteiger partial charge in [0.1, 0.15) is 0 Å². The molecule has 1 heterocycles. The predicted octanol–water partition coefficient (Wildman–Crippen LogP) is 2.54. The minimum absolute atomic E-state index is 0.0891. The van der Waals surface area contributed by atoms with Crippen molar-refractivity contribution in [1.82, 2.24) is 4.90 Å². The van der Waals surface area contributed by atoms with Gasteiger partial charge in [-0.3, -0.25) is 4.79 Å². The van der Waals surface area contributed by atoms with Crippen molar-refractivity contribution >= 4 is 5.91 Å². The molecular weight excluding hydrogens is 224 g/mol. The molecule has 2 fully saturated rings. The third kappa shape index (κ3) is 3.71. The molecule has 0 bridgehead atoms. The first-order chi connectivity index (χ1) is 8.81. The zero-order valence-electron chi connectivity index (χ0n) is 11.6. The largest absolute Gasteiger partial charge is 0.342 e. The summed E-state index contributed by atoms with van der Waals surface area (Å²) in [4.78, 5) is 14.6. The van der Waals surface area contributed by atoms with Crippen molar-refractivity contribution in [2.24, 2.45) is 17.6 Å². The Hall–Kier alpha value is -0.570. The maximum Gasteiger partial charge on any atom is 0.226 e. The van der Waals surface area contributed by atoms with Crippen LogP contribution in [0.4, 0.5) is 0 Å². The summed E-state index contributed by atoms with van der Waals surface area (Å²) in [6.07, 6.45) is 11.2. The van der Waals surface area contributed by atoms with Gasteiger partial charge in [0.05, 0.1) is 5.92 Å². The number of carbonyl (C=O) groups excluding carboxylic acids is 1. The summed E-state index contributed by atoms with van der Waals surface area (Å²) in [5.41, 5.74) is 5.85. The molecule has 0 radical (unpaired) electrons. The molecule has 1 aliphatic heterocycles. The fourth-order valence-corrected chi connectivity index (χ4v) is 3.50. The smallest absolute Gasteiger partial charge is 0.226 e. The Morgan fingerprint density at radius 3 is 2.22 bits per heavy atom. The molecule has 18 heavy (non-hydrogen) atoms. The second-order valence-corrected chi connectivity index (χ2v) is 6.06. The van der Waals surface area contributed by atoms with Gasteiger partial charge in [-0.25, -0.2) is 0 Å². The molecule has 104 valence electrons. The number of nitrogens with zero attached hydrogens (tertiary/aromatic N) is 1. The highest BCUT2D eigenvalue weighted by atomic mass is 16.2. The second-order valence-electron chi connectivity index (χ2n) is 6.06. The molecular formula is C15H28N2O. The van der Waals surface area contributed by atoms with Gasteiger partial charge in [-0.1, -0.05) is 38.5 Å². The van der Waals surface area contributed by atoms with Gasteiger partial charge in [-0.2, -0.15) is 0 Å². The molecule has 2 aliphatic rings. The van der Waals surface area contributed by atoms with Crippen LogP contribution in [0.1, 0.15) is 57.8 Å². The summed E-state index contributed by atoms with van der Waals surface area (Å²) < 4.78 is 0. The lowest BCUT2D eigenvalue weighted by molar-refractivity contribution is -0.135. The Kier molecular flexibility index (Phi) is 5.48. The van der Waals surface area contributed by atoms with Gasteiger partial charge in [0, 0.05) is 19.6 Å². The number of nitrogens with two attached hydrogens (primary N) is 1. The normalized spacial score (nSPS) is 23.9. The van der Waals surface area contributed by atoms with Crippen LogP contribution in [0, 0.1) is 11.8 Å². The average Bonchev–Trinajstić information content (AvgIpc) is 2.75. The fourth-order valence-electron chi connectivity index (χ4n) is 3.50. The van der Waals surface area contributed by atoms with Crippen molar-refractivity contribution in [1.29, 1.82) is 0 Å².